The number of phenolic OH excluding ortho intramolecular Hbond substituents is 1. The third-order valence-corrected chi connectivity index (χ3v) is 5.74. The van der Waals surface area contributed by atoms with Gasteiger partial charge >= 0.3 is 11.9 Å². The molecule has 0 aliphatic rings. The number of carbonyl (C=O) groups is 5. The molecule has 0 fully saturated rings. The van der Waals surface area contributed by atoms with Crippen LogP contribution in [0.4, 0.5) is 0 Å². The van der Waals surface area contributed by atoms with Gasteiger partial charge in [-0.15, -0.1) is 0 Å². The highest BCUT2D eigenvalue weighted by atomic mass is 16.4. The zero-order valence-corrected chi connectivity index (χ0v) is 21.1. The molecule has 0 aromatic heterocycles. The van der Waals surface area contributed by atoms with E-state index >= 15 is 0 Å². The van der Waals surface area contributed by atoms with Gasteiger partial charge in [-0.3, -0.25) is 19.2 Å². The first-order valence-electron chi connectivity index (χ1n) is 12.0. The molecule has 0 aliphatic heterocycles. The maximum Gasteiger partial charge on any atom is 0.326 e. The fraction of sp³-hybridized carbons (Fsp3) is 0.346. The van der Waals surface area contributed by atoms with Crippen LogP contribution in [-0.4, -0.2) is 80.4 Å². The van der Waals surface area contributed by atoms with Crippen molar-refractivity contribution in [3.8, 4) is 5.75 Å². The number of aliphatic hydroxyl groups excluding tert-OH is 1. The number of hydrogen-bond donors (Lipinski definition) is 8. The van der Waals surface area contributed by atoms with Gasteiger partial charge in [0.05, 0.1) is 12.5 Å². The fourth-order valence-corrected chi connectivity index (χ4v) is 3.54. The Kier molecular flexibility index (Phi) is 11.4. The quantitative estimate of drug-likeness (QED) is 0.143. The number of amides is 3. The number of phenols is 1. The Hall–Kier alpha value is -4.49. The third kappa shape index (κ3) is 10.1. The van der Waals surface area contributed by atoms with Gasteiger partial charge in [-0.2, -0.15) is 0 Å². The van der Waals surface area contributed by atoms with Crippen molar-refractivity contribution >= 4 is 29.7 Å². The molecule has 2 aromatic carbocycles. The Morgan fingerprint density at radius 3 is 1.77 bits per heavy atom. The zero-order chi connectivity index (χ0) is 29.1. The van der Waals surface area contributed by atoms with E-state index in [1.807, 2.05) is 0 Å². The summed E-state index contributed by atoms with van der Waals surface area (Å²) in [5.74, 6) is -5.70. The van der Waals surface area contributed by atoms with Gasteiger partial charge in [0.15, 0.2) is 0 Å². The van der Waals surface area contributed by atoms with Crippen LogP contribution in [0, 0.1) is 0 Å². The van der Waals surface area contributed by atoms with Crippen LogP contribution in [0.1, 0.15) is 24.5 Å². The predicted molar refractivity (Wildman–Crippen MR) is 137 cm³/mol. The van der Waals surface area contributed by atoms with E-state index in [-0.39, 0.29) is 18.6 Å². The van der Waals surface area contributed by atoms with Crippen molar-refractivity contribution < 1.29 is 44.4 Å². The predicted octanol–water partition coefficient (Wildman–Crippen LogP) is -1.10. The Labute approximate surface area is 224 Å². The minimum atomic E-state index is -1.66. The van der Waals surface area contributed by atoms with E-state index in [0.717, 1.165) is 0 Å². The Balaban J connectivity index is 2.28. The molecule has 0 aliphatic carbocycles. The summed E-state index contributed by atoms with van der Waals surface area (Å²) >= 11 is 0. The number of hydrogen-bond acceptors (Lipinski definition) is 8. The lowest BCUT2D eigenvalue weighted by molar-refractivity contribution is -0.143. The normalized spacial score (nSPS) is 14.6. The number of carboxylic acid groups (broad SMARTS) is 2. The molecule has 5 unspecified atom stereocenters. The van der Waals surface area contributed by atoms with E-state index < -0.39 is 66.4 Å². The fourth-order valence-electron chi connectivity index (χ4n) is 3.54. The number of benzene rings is 2. The van der Waals surface area contributed by atoms with Crippen LogP contribution in [0.5, 0.6) is 5.75 Å². The van der Waals surface area contributed by atoms with E-state index in [1.54, 1.807) is 30.3 Å². The molecular weight excluding hydrogens is 512 g/mol. The summed E-state index contributed by atoms with van der Waals surface area (Å²) in [6.45, 7) is 1.24. The molecule has 2 aromatic rings. The molecule has 0 heterocycles. The van der Waals surface area contributed by atoms with Gasteiger partial charge in [0.25, 0.3) is 0 Å². The largest absolute Gasteiger partial charge is 0.508 e. The molecule has 13 heteroatoms. The van der Waals surface area contributed by atoms with Gasteiger partial charge in [-0.1, -0.05) is 42.5 Å². The van der Waals surface area contributed by atoms with Crippen LogP contribution in [0.2, 0.25) is 0 Å². The van der Waals surface area contributed by atoms with Gasteiger partial charge in [-0.05, 0) is 30.2 Å². The van der Waals surface area contributed by atoms with E-state index in [2.05, 4.69) is 16.0 Å². The summed E-state index contributed by atoms with van der Waals surface area (Å²) in [6.07, 6.45) is -2.35. The van der Waals surface area contributed by atoms with Crippen LogP contribution < -0.4 is 21.7 Å². The monoisotopic (exact) mass is 544 g/mol. The van der Waals surface area contributed by atoms with E-state index in [0.29, 0.717) is 11.1 Å². The molecule has 0 saturated heterocycles. The summed E-state index contributed by atoms with van der Waals surface area (Å²) in [5, 5.41) is 44.9. The highest BCUT2D eigenvalue weighted by Crippen LogP contribution is 2.12. The molecule has 2 rings (SSSR count). The number of aromatic hydroxyl groups is 1. The average molecular weight is 545 g/mol. The second-order valence-electron chi connectivity index (χ2n) is 8.95. The number of carbonyl (C=O) groups excluding carboxylic acids is 3. The van der Waals surface area contributed by atoms with Crippen molar-refractivity contribution in [3.05, 3.63) is 65.7 Å². The molecule has 9 N–H and O–H groups in total. The summed E-state index contributed by atoms with van der Waals surface area (Å²) in [7, 11) is 0. The molecule has 13 nitrogen and oxygen atoms in total. The number of carboxylic acids is 2. The average Bonchev–Trinajstić information content (AvgIpc) is 2.88. The van der Waals surface area contributed by atoms with Gasteiger partial charge in [0.1, 0.15) is 29.9 Å². The number of nitrogens with two attached hydrogens (primary N) is 1. The molecule has 3 amide bonds. The van der Waals surface area contributed by atoms with Gasteiger partial charge in [0, 0.05) is 12.8 Å². The molecule has 0 radical (unpaired) electrons. The second-order valence-corrected chi connectivity index (χ2v) is 8.95. The van der Waals surface area contributed by atoms with Crippen LogP contribution in [0.15, 0.2) is 54.6 Å². The first kappa shape index (κ1) is 30.7. The van der Waals surface area contributed by atoms with Gasteiger partial charge in [0.2, 0.25) is 17.7 Å². The summed E-state index contributed by atoms with van der Waals surface area (Å²) in [6, 6.07) is 8.39. The molecule has 0 bridgehead atoms. The van der Waals surface area contributed by atoms with Crippen LogP contribution in [0.3, 0.4) is 0 Å². The lowest BCUT2D eigenvalue weighted by atomic mass is 10.0. The summed E-state index contributed by atoms with van der Waals surface area (Å²) in [4.78, 5) is 61.8. The lowest BCUT2D eigenvalue weighted by Gasteiger charge is -2.25. The Morgan fingerprint density at radius 2 is 1.23 bits per heavy atom. The highest BCUT2D eigenvalue weighted by Gasteiger charge is 2.32. The second kappa shape index (κ2) is 14.4. The minimum Gasteiger partial charge on any atom is -0.508 e. The highest BCUT2D eigenvalue weighted by molar-refractivity contribution is 5.95. The Morgan fingerprint density at radius 1 is 0.744 bits per heavy atom. The molecule has 0 spiro atoms. The molecule has 39 heavy (non-hydrogen) atoms. The smallest absolute Gasteiger partial charge is 0.326 e. The molecule has 0 saturated carbocycles. The lowest BCUT2D eigenvalue weighted by Crippen LogP contribution is -2.59. The molecule has 210 valence electrons. The van der Waals surface area contributed by atoms with Crippen molar-refractivity contribution in [1.82, 2.24) is 16.0 Å². The standard InChI is InChI=1S/C26H32N4O9/c1-14(31)22(27)25(37)29-19(13-21(33)34)24(36)28-18(11-16-7-9-17(32)10-8-16)23(35)30-20(26(38)39)12-15-5-3-2-4-6-15/h2-10,14,18-20,22,31-32H,11-13,27H2,1H3,(H,28,36)(H,29,37)(H,30,35)(H,33,34)(H,38,39). The zero-order valence-electron chi connectivity index (χ0n) is 21.1. The number of aliphatic carboxylic acids is 2. The number of nitrogens with one attached hydrogen (secondary N) is 3. The van der Waals surface area contributed by atoms with Crippen LogP contribution >= 0.6 is 0 Å². The van der Waals surface area contributed by atoms with E-state index in [1.165, 1.54) is 31.2 Å². The first-order chi connectivity index (χ1) is 18.4. The third-order valence-electron chi connectivity index (χ3n) is 5.74. The van der Waals surface area contributed by atoms with Crippen LogP contribution in [0.25, 0.3) is 0 Å². The van der Waals surface area contributed by atoms with Crippen molar-refractivity contribution in [2.45, 2.75) is 56.5 Å². The summed E-state index contributed by atoms with van der Waals surface area (Å²) < 4.78 is 0. The van der Waals surface area contributed by atoms with Crippen molar-refractivity contribution in [2.24, 2.45) is 5.73 Å². The van der Waals surface area contributed by atoms with E-state index in [9.17, 15) is 44.4 Å². The maximum atomic E-state index is 13.2. The number of rotatable bonds is 14. The molecular formula is C26H32N4O9. The topological polar surface area (TPSA) is 228 Å². The number of aliphatic hydroxyl groups is 1. The minimum absolute atomic E-state index is 0.0449. The Bertz CT molecular complexity index is 1160. The maximum absolute atomic E-state index is 13.2. The molecule has 5 atom stereocenters. The van der Waals surface area contributed by atoms with Gasteiger partial charge < -0.3 is 42.1 Å². The first-order valence-corrected chi connectivity index (χ1v) is 12.0. The van der Waals surface area contributed by atoms with Crippen molar-refractivity contribution in [2.75, 3.05) is 0 Å². The van der Waals surface area contributed by atoms with Crippen molar-refractivity contribution in [3.63, 3.8) is 0 Å². The SMILES string of the molecule is CC(O)C(N)C(=O)NC(CC(=O)O)C(=O)NC(Cc1ccc(O)cc1)C(=O)NC(Cc1ccccc1)C(=O)O. The van der Waals surface area contributed by atoms with E-state index in [4.69, 9.17) is 5.73 Å². The van der Waals surface area contributed by atoms with Gasteiger partial charge in [-0.25, -0.2) is 4.79 Å². The van der Waals surface area contributed by atoms with Crippen LogP contribution in [-0.2, 0) is 36.8 Å². The van der Waals surface area contributed by atoms with Crippen molar-refractivity contribution in [1.29, 1.82) is 0 Å². The summed E-state index contributed by atoms with van der Waals surface area (Å²) in [5.41, 5.74) is 6.69.